The number of aromatic amines is 2. The Morgan fingerprint density at radius 1 is 0.903 bits per heavy atom. The summed E-state index contributed by atoms with van der Waals surface area (Å²) in [6.07, 6.45) is 1.62. The molecule has 0 aliphatic carbocycles. The van der Waals surface area contributed by atoms with Crippen molar-refractivity contribution in [3.05, 3.63) is 58.9 Å². The van der Waals surface area contributed by atoms with E-state index in [4.69, 9.17) is 26.4 Å². The van der Waals surface area contributed by atoms with Gasteiger partial charge in [-0.15, -0.1) is 0 Å². The van der Waals surface area contributed by atoms with E-state index in [2.05, 4.69) is 25.5 Å². The Morgan fingerprint density at radius 2 is 1.61 bits per heavy atom. The van der Waals surface area contributed by atoms with E-state index in [9.17, 15) is 0 Å². The molecule has 4 rings (SSSR count). The van der Waals surface area contributed by atoms with Crippen LogP contribution in [0.25, 0.3) is 22.8 Å². The summed E-state index contributed by atoms with van der Waals surface area (Å²) in [4.78, 5) is 0. The number of aromatic nitrogens is 5. The van der Waals surface area contributed by atoms with Crippen LogP contribution in [0.2, 0.25) is 0 Å². The normalized spacial score (nSPS) is 11.1. The van der Waals surface area contributed by atoms with Crippen molar-refractivity contribution in [1.82, 2.24) is 25.1 Å². The van der Waals surface area contributed by atoms with Gasteiger partial charge in [0, 0.05) is 17.2 Å². The molecule has 0 aliphatic heterocycles. The molecule has 0 unspecified atom stereocenters. The van der Waals surface area contributed by atoms with Gasteiger partial charge in [-0.1, -0.05) is 30.3 Å². The van der Waals surface area contributed by atoms with E-state index in [0.717, 1.165) is 11.3 Å². The molecule has 0 aliphatic rings. The van der Waals surface area contributed by atoms with E-state index in [1.165, 1.54) is 4.68 Å². The topological polar surface area (TPSA) is 102 Å². The van der Waals surface area contributed by atoms with Crippen molar-refractivity contribution < 1.29 is 14.2 Å². The minimum Gasteiger partial charge on any atom is -0.496 e. The van der Waals surface area contributed by atoms with Crippen LogP contribution in [0.5, 0.6) is 17.2 Å². The van der Waals surface area contributed by atoms with Crippen molar-refractivity contribution in [3.63, 3.8) is 0 Å². The largest absolute Gasteiger partial charge is 0.496 e. The maximum Gasteiger partial charge on any atom is 0.216 e. The second-order valence-corrected chi connectivity index (χ2v) is 6.78. The predicted molar refractivity (Wildman–Crippen MR) is 120 cm³/mol. The summed E-state index contributed by atoms with van der Waals surface area (Å²) in [6.45, 7) is 0. The molecule has 2 heterocycles. The van der Waals surface area contributed by atoms with Crippen LogP contribution in [0.4, 0.5) is 0 Å². The van der Waals surface area contributed by atoms with E-state index in [1.54, 1.807) is 39.7 Å². The third-order valence-corrected chi connectivity index (χ3v) is 4.85. The summed E-state index contributed by atoms with van der Waals surface area (Å²) < 4.78 is 18.0. The average molecular weight is 436 g/mol. The van der Waals surface area contributed by atoms with Gasteiger partial charge in [-0.2, -0.15) is 20.0 Å². The molecule has 4 aromatic rings. The molecule has 0 atom stereocenters. The summed E-state index contributed by atoms with van der Waals surface area (Å²) in [5.74, 6) is 2.19. The van der Waals surface area contributed by atoms with Gasteiger partial charge in [0.15, 0.2) is 11.5 Å². The number of nitrogens with zero attached hydrogens (tertiary/aromatic N) is 4. The lowest BCUT2D eigenvalue weighted by atomic mass is 10.1. The second-order valence-electron chi connectivity index (χ2n) is 6.39. The van der Waals surface area contributed by atoms with Gasteiger partial charge in [-0.25, -0.2) is 5.10 Å². The Hall–Kier alpha value is -3.92. The third-order valence-electron chi connectivity index (χ3n) is 4.59. The molecule has 0 amide bonds. The molecule has 0 fully saturated rings. The first-order chi connectivity index (χ1) is 15.1. The van der Waals surface area contributed by atoms with Gasteiger partial charge >= 0.3 is 0 Å². The van der Waals surface area contributed by atoms with E-state index >= 15 is 0 Å². The van der Waals surface area contributed by atoms with Crippen LogP contribution in [0.1, 0.15) is 5.56 Å². The minimum absolute atomic E-state index is 0.335. The summed E-state index contributed by atoms with van der Waals surface area (Å²) in [5, 5.41) is 18.9. The zero-order valence-corrected chi connectivity index (χ0v) is 17.9. The summed E-state index contributed by atoms with van der Waals surface area (Å²) in [7, 11) is 4.71. The quantitative estimate of drug-likeness (QED) is 0.336. The minimum atomic E-state index is 0.335. The fraction of sp³-hybridized carbons (Fsp3) is 0.143. The van der Waals surface area contributed by atoms with Crippen molar-refractivity contribution in [3.8, 4) is 40.0 Å². The van der Waals surface area contributed by atoms with Crippen LogP contribution in [0.15, 0.2) is 53.6 Å². The molecule has 0 saturated carbocycles. The van der Waals surface area contributed by atoms with Crippen LogP contribution in [-0.2, 0) is 0 Å². The van der Waals surface area contributed by atoms with Crippen LogP contribution in [0, 0.1) is 4.77 Å². The Kier molecular flexibility index (Phi) is 5.80. The summed E-state index contributed by atoms with van der Waals surface area (Å²) >= 11 is 5.36. The third kappa shape index (κ3) is 4.05. The summed E-state index contributed by atoms with van der Waals surface area (Å²) in [6, 6.07) is 15.2. The highest BCUT2D eigenvalue weighted by Gasteiger charge is 2.14. The molecular formula is C21H20N6O3S. The lowest BCUT2D eigenvalue weighted by Crippen LogP contribution is -1.99. The highest BCUT2D eigenvalue weighted by atomic mass is 32.1. The van der Waals surface area contributed by atoms with Crippen LogP contribution in [-0.4, -0.2) is 52.6 Å². The molecule has 10 heteroatoms. The number of H-pyrrole nitrogens is 2. The first-order valence-corrected chi connectivity index (χ1v) is 9.68. The van der Waals surface area contributed by atoms with Gasteiger partial charge < -0.3 is 14.2 Å². The first kappa shape index (κ1) is 20.4. The Balaban J connectivity index is 1.71. The lowest BCUT2D eigenvalue weighted by molar-refractivity contribution is 0.349. The second kappa shape index (κ2) is 8.84. The molecule has 0 bridgehead atoms. The SMILES string of the molecule is COc1cc(OC)c(OC)cc1/C=N/n1c(-c2cc(-c3ccccc3)n[nH]2)n[nH]c1=S. The molecule has 2 aromatic heterocycles. The van der Waals surface area contributed by atoms with Crippen LogP contribution < -0.4 is 14.2 Å². The van der Waals surface area contributed by atoms with Gasteiger partial charge in [0.1, 0.15) is 11.4 Å². The predicted octanol–water partition coefficient (Wildman–Crippen LogP) is 3.91. The van der Waals surface area contributed by atoms with Gasteiger partial charge in [0.2, 0.25) is 10.6 Å². The van der Waals surface area contributed by atoms with Gasteiger partial charge in [0.05, 0.1) is 33.2 Å². The molecule has 158 valence electrons. The zero-order chi connectivity index (χ0) is 21.8. The van der Waals surface area contributed by atoms with Crippen LogP contribution >= 0.6 is 12.2 Å². The Bertz CT molecular complexity index is 1280. The van der Waals surface area contributed by atoms with E-state index < -0.39 is 0 Å². The molecular weight excluding hydrogens is 416 g/mol. The number of ether oxygens (including phenoxy) is 3. The fourth-order valence-corrected chi connectivity index (χ4v) is 3.22. The summed E-state index contributed by atoms with van der Waals surface area (Å²) in [5.41, 5.74) is 3.14. The van der Waals surface area contributed by atoms with Gasteiger partial charge in [-0.05, 0) is 24.4 Å². The smallest absolute Gasteiger partial charge is 0.216 e. The van der Waals surface area contributed by atoms with E-state index in [-0.39, 0.29) is 0 Å². The van der Waals surface area contributed by atoms with Crippen LogP contribution in [0.3, 0.4) is 0 Å². The molecule has 0 radical (unpaired) electrons. The molecule has 0 spiro atoms. The Labute approximate surface area is 183 Å². The number of benzene rings is 2. The standard InChI is InChI=1S/C21H20N6O3S/c1-28-17-11-19(30-3)18(29-2)9-14(17)12-22-27-20(25-26-21(27)31)16-10-15(23-24-16)13-7-5-4-6-8-13/h4-12H,1-3H3,(H,23,24)(H,26,31)/b22-12+. The Morgan fingerprint density at radius 3 is 2.32 bits per heavy atom. The van der Waals surface area contributed by atoms with Crippen molar-refractivity contribution in [2.24, 2.45) is 5.10 Å². The number of methoxy groups -OCH3 is 3. The molecule has 9 nitrogen and oxygen atoms in total. The average Bonchev–Trinajstić information content (AvgIpc) is 3.44. The highest BCUT2D eigenvalue weighted by molar-refractivity contribution is 7.71. The van der Waals surface area contributed by atoms with Crippen molar-refractivity contribution in [2.75, 3.05) is 21.3 Å². The number of rotatable bonds is 7. The highest BCUT2D eigenvalue weighted by Crippen LogP contribution is 2.34. The number of hydrogen-bond acceptors (Lipinski definition) is 7. The van der Waals surface area contributed by atoms with Gasteiger partial charge in [0.25, 0.3) is 0 Å². The van der Waals surface area contributed by atoms with E-state index in [0.29, 0.717) is 39.1 Å². The molecule has 2 aromatic carbocycles. The maximum absolute atomic E-state index is 5.45. The first-order valence-electron chi connectivity index (χ1n) is 9.27. The van der Waals surface area contributed by atoms with E-state index in [1.807, 2.05) is 36.4 Å². The zero-order valence-electron chi connectivity index (χ0n) is 17.1. The maximum atomic E-state index is 5.45. The fourth-order valence-electron chi connectivity index (χ4n) is 3.04. The molecule has 2 N–H and O–H groups in total. The number of nitrogens with one attached hydrogen (secondary N) is 2. The molecule has 0 saturated heterocycles. The van der Waals surface area contributed by atoms with Crippen molar-refractivity contribution >= 4 is 18.4 Å². The monoisotopic (exact) mass is 436 g/mol. The lowest BCUT2D eigenvalue weighted by Gasteiger charge is -2.11. The van der Waals surface area contributed by atoms with Crippen molar-refractivity contribution in [1.29, 1.82) is 0 Å². The number of hydrogen-bond donors (Lipinski definition) is 2. The van der Waals surface area contributed by atoms with Crippen molar-refractivity contribution in [2.45, 2.75) is 0 Å². The van der Waals surface area contributed by atoms with Gasteiger partial charge in [-0.3, -0.25) is 5.10 Å². The molecule has 31 heavy (non-hydrogen) atoms.